The molecule has 0 aliphatic carbocycles. The first-order valence-electron chi connectivity index (χ1n) is 9.18. The zero-order valence-electron chi connectivity index (χ0n) is 15.8. The predicted octanol–water partition coefficient (Wildman–Crippen LogP) is 2.28. The molecule has 4 rings (SSSR count). The van der Waals surface area contributed by atoms with Gasteiger partial charge in [0.25, 0.3) is 11.8 Å². The van der Waals surface area contributed by atoms with Crippen LogP contribution in [0.5, 0.6) is 0 Å². The van der Waals surface area contributed by atoms with Crippen LogP contribution in [0.3, 0.4) is 0 Å². The summed E-state index contributed by atoms with van der Waals surface area (Å²) in [5.41, 5.74) is 2.61. The van der Waals surface area contributed by atoms with E-state index < -0.39 is 36.1 Å². The van der Waals surface area contributed by atoms with E-state index in [1.807, 2.05) is 0 Å². The second-order valence-electron chi connectivity index (χ2n) is 7.02. The standard InChI is InChI=1S/C20H18F3N5O2/c1-11-14(18(29)26-13-9-5-6-10-24-13)19(30)28-17(25-11)15(12-7-3-2-4-8-12)16(27-28)20(21,22)23/h2-10,15-17,25,27H,1H3,(H,24,26,29). The van der Waals surface area contributed by atoms with Gasteiger partial charge >= 0.3 is 6.18 Å². The van der Waals surface area contributed by atoms with E-state index in [4.69, 9.17) is 0 Å². The molecular weight excluding hydrogens is 399 g/mol. The van der Waals surface area contributed by atoms with Crippen molar-refractivity contribution >= 4 is 17.6 Å². The quantitative estimate of drug-likeness (QED) is 0.668. The number of rotatable bonds is 3. The Morgan fingerprint density at radius 1 is 1.13 bits per heavy atom. The molecule has 3 N–H and O–H groups in total. The predicted molar refractivity (Wildman–Crippen MR) is 101 cm³/mol. The van der Waals surface area contributed by atoms with Crippen molar-refractivity contribution < 1.29 is 22.8 Å². The van der Waals surface area contributed by atoms with Gasteiger partial charge in [-0.1, -0.05) is 36.4 Å². The average Bonchev–Trinajstić information content (AvgIpc) is 3.09. The summed E-state index contributed by atoms with van der Waals surface area (Å²) in [6.07, 6.45) is -4.14. The van der Waals surface area contributed by atoms with Crippen molar-refractivity contribution in [3.63, 3.8) is 0 Å². The smallest absolute Gasteiger partial charge is 0.366 e. The van der Waals surface area contributed by atoms with Crippen LogP contribution in [-0.4, -0.2) is 40.2 Å². The molecule has 3 unspecified atom stereocenters. The number of aromatic nitrogens is 1. The van der Waals surface area contributed by atoms with Crippen molar-refractivity contribution in [2.75, 3.05) is 5.32 Å². The minimum Gasteiger partial charge on any atom is -0.366 e. The highest BCUT2D eigenvalue weighted by Gasteiger charge is 2.58. The van der Waals surface area contributed by atoms with Crippen LogP contribution in [0, 0.1) is 0 Å². The van der Waals surface area contributed by atoms with Crippen LogP contribution in [-0.2, 0) is 9.59 Å². The molecule has 0 radical (unpaired) electrons. The van der Waals surface area contributed by atoms with Crippen molar-refractivity contribution in [3.8, 4) is 0 Å². The molecule has 2 amide bonds. The fraction of sp³-hybridized carbons (Fsp3) is 0.250. The normalized spacial score (nSPS) is 23.8. The number of anilines is 1. The van der Waals surface area contributed by atoms with Crippen molar-refractivity contribution in [3.05, 3.63) is 71.6 Å². The van der Waals surface area contributed by atoms with Crippen LogP contribution in [0.25, 0.3) is 0 Å². The maximum Gasteiger partial charge on any atom is 0.406 e. The Morgan fingerprint density at radius 3 is 2.47 bits per heavy atom. The van der Waals surface area contributed by atoms with E-state index in [9.17, 15) is 22.8 Å². The zero-order valence-corrected chi connectivity index (χ0v) is 15.8. The lowest BCUT2D eigenvalue weighted by Gasteiger charge is -2.34. The van der Waals surface area contributed by atoms with E-state index in [1.54, 1.807) is 42.5 Å². The van der Waals surface area contributed by atoms with E-state index in [0.29, 0.717) is 5.56 Å². The molecule has 10 heteroatoms. The molecule has 0 bridgehead atoms. The summed E-state index contributed by atoms with van der Waals surface area (Å²) in [4.78, 5) is 29.6. The summed E-state index contributed by atoms with van der Waals surface area (Å²) < 4.78 is 41.3. The SMILES string of the molecule is CC1=C(C(=O)Nc2ccccn2)C(=O)N2NC(C(F)(F)F)C(c3ccccc3)C2N1. The third-order valence-electron chi connectivity index (χ3n) is 5.10. The van der Waals surface area contributed by atoms with E-state index in [1.165, 1.54) is 19.2 Å². The first-order chi connectivity index (χ1) is 14.3. The summed E-state index contributed by atoms with van der Waals surface area (Å²) >= 11 is 0. The molecule has 7 nitrogen and oxygen atoms in total. The first kappa shape index (κ1) is 19.9. The topological polar surface area (TPSA) is 86.4 Å². The Hall–Kier alpha value is -3.40. The van der Waals surface area contributed by atoms with Crippen LogP contribution < -0.4 is 16.1 Å². The molecule has 156 valence electrons. The molecule has 1 aromatic carbocycles. The third-order valence-corrected chi connectivity index (χ3v) is 5.10. The highest BCUT2D eigenvalue weighted by atomic mass is 19.4. The number of carbonyl (C=O) groups excluding carboxylic acids is 2. The minimum atomic E-state index is -4.61. The highest BCUT2D eigenvalue weighted by molar-refractivity contribution is 6.23. The van der Waals surface area contributed by atoms with Gasteiger partial charge in [-0.3, -0.25) is 9.59 Å². The number of hydrogen-bond donors (Lipinski definition) is 3. The van der Waals surface area contributed by atoms with Crippen molar-refractivity contribution in [1.29, 1.82) is 0 Å². The van der Waals surface area contributed by atoms with Gasteiger partial charge in [-0.2, -0.15) is 13.2 Å². The summed E-state index contributed by atoms with van der Waals surface area (Å²) in [7, 11) is 0. The fourth-order valence-corrected chi connectivity index (χ4v) is 3.78. The molecule has 0 spiro atoms. The molecule has 0 saturated carbocycles. The van der Waals surface area contributed by atoms with Crippen LogP contribution in [0.15, 0.2) is 66.0 Å². The average molecular weight is 417 g/mol. The van der Waals surface area contributed by atoms with Crippen LogP contribution in [0.4, 0.5) is 19.0 Å². The van der Waals surface area contributed by atoms with Gasteiger partial charge in [0.1, 0.15) is 23.6 Å². The maximum atomic E-state index is 13.8. The third kappa shape index (κ3) is 3.50. The number of halogens is 3. The summed E-state index contributed by atoms with van der Waals surface area (Å²) in [5, 5.41) is 6.27. The molecule has 1 saturated heterocycles. The van der Waals surface area contributed by atoms with Crippen LogP contribution in [0.2, 0.25) is 0 Å². The Bertz CT molecular complexity index is 995. The number of nitrogens with zero attached hydrogens (tertiary/aromatic N) is 2. The molecule has 2 aromatic rings. The molecular formula is C20H18F3N5O2. The monoisotopic (exact) mass is 417 g/mol. The Morgan fingerprint density at radius 2 is 1.83 bits per heavy atom. The van der Waals surface area contributed by atoms with Crippen molar-refractivity contribution in [1.82, 2.24) is 20.7 Å². The molecule has 1 aromatic heterocycles. The molecule has 3 heterocycles. The number of nitrogens with one attached hydrogen (secondary N) is 3. The number of amides is 2. The Labute approximate surface area is 169 Å². The van der Waals surface area contributed by atoms with Gasteiger partial charge in [0.15, 0.2) is 0 Å². The fourth-order valence-electron chi connectivity index (χ4n) is 3.78. The second kappa shape index (κ2) is 7.45. The Balaban J connectivity index is 1.67. The van der Waals surface area contributed by atoms with E-state index in [0.717, 1.165) is 5.01 Å². The summed E-state index contributed by atoms with van der Waals surface area (Å²) in [6, 6.07) is 11.0. The van der Waals surface area contributed by atoms with Crippen molar-refractivity contribution in [2.24, 2.45) is 0 Å². The summed E-state index contributed by atoms with van der Waals surface area (Å²) in [6.45, 7) is 1.49. The molecule has 2 aliphatic rings. The van der Waals surface area contributed by atoms with Crippen molar-refractivity contribution in [2.45, 2.75) is 31.2 Å². The molecule has 1 fully saturated rings. The van der Waals surface area contributed by atoms with E-state index in [2.05, 4.69) is 21.0 Å². The number of fused-ring (bicyclic) bond motifs is 1. The lowest BCUT2D eigenvalue weighted by atomic mass is 9.89. The van der Waals surface area contributed by atoms with Crippen LogP contribution >= 0.6 is 0 Å². The number of allylic oxidation sites excluding steroid dienone is 1. The minimum absolute atomic E-state index is 0.195. The van der Waals surface area contributed by atoms with E-state index in [-0.39, 0.29) is 17.1 Å². The number of benzene rings is 1. The lowest BCUT2D eigenvalue weighted by molar-refractivity contribution is -0.161. The second-order valence-corrected chi connectivity index (χ2v) is 7.02. The van der Waals surface area contributed by atoms with Gasteiger partial charge in [0, 0.05) is 11.9 Å². The van der Waals surface area contributed by atoms with Gasteiger partial charge < -0.3 is 10.6 Å². The van der Waals surface area contributed by atoms with Crippen LogP contribution in [0.1, 0.15) is 18.4 Å². The molecule has 30 heavy (non-hydrogen) atoms. The van der Waals surface area contributed by atoms with E-state index >= 15 is 0 Å². The number of alkyl halides is 3. The molecule has 2 aliphatic heterocycles. The first-order valence-corrected chi connectivity index (χ1v) is 9.18. The number of hydrogen-bond acceptors (Lipinski definition) is 5. The largest absolute Gasteiger partial charge is 0.406 e. The zero-order chi connectivity index (χ0) is 21.5. The lowest BCUT2D eigenvalue weighted by Crippen LogP contribution is -2.56. The Kier molecular flexibility index (Phi) is 4.94. The number of pyridine rings is 1. The van der Waals surface area contributed by atoms with Gasteiger partial charge in [-0.05, 0) is 24.6 Å². The highest BCUT2D eigenvalue weighted by Crippen LogP contribution is 2.41. The van der Waals surface area contributed by atoms with Gasteiger partial charge in [0.05, 0.1) is 5.92 Å². The maximum absolute atomic E-state index is 13.8. The molecule has 3 atom stereocenters. The summed E-state index contributed by atoms with van der Waals surface area (Å²) in [5.74, 6) is -2.46. The van der Waals surface area contributed by atoms with Gasteiger partial charge in [-0.15, -0.1) is 0 Å². The van der Waals surface area contributed by atoms with Gasteiger partial charge in [0.2, 0.25) is 0 Å². The number of carbonyl (C=O) groups is 2. The van der Waals surface area contributed by atoms with Gasteiger partial charge in [-0.25, -0.2) is 15.4 Å². The number of hydrazine groups is 1.